The molecule has 100 valence electrons. The van der Waals surface area contributed by atoms with E-state index in [1.54, 1.807) is 10.9 Å². The summed E-state index contributed by atoms with van der Waals surface area (Å²) in [6.45, 7) is 5.47. The fourth-order valence-electron chi connectivity index (χ4n) is 1.66. The van der Waals surface area contributed by atoms with Gasteiger partial charge in [-0.25, -0.2) is 4.98 Å². The summed E-state index contributed by atoms with van der Waals surface area (Å²) in [6, 6.07) is 9.90. The van der Waals surface area contributed by atoms with Gasteiger partial charge >= 0.3 is 5.97 Å². The first-order valence-corrected chi connectivity index (χ1v) is 6.37. The second-order valence-electron chi connectivity index (χ2n) is 4.76. The van der Waals surface area contributed by atoms with Crippen molar-refractivity contribution in [3.63, 3.8) is 0 Å². The Bertz CT molecular complexity index is 546. The number of carbonyl (C=O) groups excluding carboxylic acids is 1. The summed E-state index contributed by atoms with van der Waals surface area (Å²) in [6.07, 6.45) is 3.22. The fourth-order valence-corrected chi connectivity index (χ4v) is 1.66. The lowest BCUT2D eigenvalue weighted by Crippen LogP contribution is -2.17. The quantitative estimate of drug-likeness (QED) is 0.790. The van der Waals surface area contributed by atoms with Crippen LogP contribution in [0.5, 0.6) is 0 Å². The molecule has 0 bridgehead atoms. The predicted octanol–water partition coefficient (Wildman–Crippen LogP) is 3.27. The van der Waals surface area contributed by atoms with Gasteiger partial charge in [-0.15, -0.1) is 0 Å². The van der Waals surface area contributed by atoms with Gasteiger partial charge in [0.2, 0.25) is 0 Å². The van der Waals surface area contributed by atoms with E-state index >= 15 is 0 Å². The molecule has 0 aliphatic rings. The fraction of sp³-hybridized carbons (Fsp3) is 0.333. The Morgan fingerprint density at radius 2 is 1.89 bits per heavy atom. The van der Waals surface area contributed by atoms with Crippen LogP contribution in [-0.4, -0.2) is 15.5 Å². The van der Waals surface area contributed by atoms with Crippen LogP contribution in [0.2, 0.25) is 0 Å². The smallest absolute Gasteiger partial charge is 0.310 e. The summed E-state index contributed by atoms with van der Waals surface area (Å²) in [5.74, 6) is -0.331. The van der Waals surface area contributed by atoms with E-state index in [1.807, 2.05) is 57.3 Å². The zero-order chi connectivity index (χ0) is 13.8. The van der Waals surface area contributed by atoms with Crippen LogP contribution in [0.25, 0.3) is 11.3 Å². The zero-order valence-electron chi connectivity index (χ0n) is 11.4. The Labute approximate surface area is 113 Å². The first-order chi connectivity index (χ1) is 9.08. The average molecular weight is 258 g/mol. The highest BCUT2D eigenvalue weighted by Crippen LogP contribution is 2.19. The van der Waals surface area contributed by atoms with Gasteiger partial charge in [0.25, 0.3) is 0 Å². The monoisotopic (exact) mass is 258 g/mol. The van der Waals surface area contributed by atoms with Gasteiger partial charge in [-0.05, 0) is 6.92 Å². The molecule has 1 aromatic carbocycles. The molecule has 0 amide bonds. The van der Waals surface area contributed by atoms with Crippen molar-refractivity contribution in [1.29, 1.82) is 0 Å². The molecule has 1 aromatic heterocycles. The van der Waals surface area contributed by atoms with E-state index in [-0.39, 0.29) is 18.1 Å². The third kappa shape index (κ3) is 3.22. The summed E-state index contributed by atoms with van der Waals surface area (Å²) in [4.78, 5) is 15.9. The van der Waals surface area contributed by atoms with Gasteiger partial charge in [-0.2, -0.15) is 0 Å². The molecule has 1 heterocycles. The second-order valence-corrected chi connectivity index (χ2v) is 4.76. The summed E-state index contributed by atoms with van der Waals surface area (Å²) in [5, 5.41) is 0. The first kappa shape index (κ1) is 13.3. The van der Waals surface area contributed by atoms with Crippen LogP contribution in [0, 0.1) is 5.92 Å². The molecule has 0 saturated heterocycles. The molecule has 0 fully saturated rings. The zero-order valence-corrected chi connectivity index (χ0v) is 11.4. The SMILES string of the molecule is CC(C)C(=O)O[C@@H](C)n1cnc(-c2ccccc2)c1. The molecule has 4 heteroatoms. The Morgan fingerprint density at radius 3 is 2.53 bits per heavy atom. The molecule has 2 rings (SSSR count). The number of benzene rings is 1. The summed E-state index contributed by atoms with van der Waals surface area (Å²) in [7, 11) is 0. The van der Waals surface area contributed by atoms with Crippen LogP contribution < -0.4 is 0 Å². The normalized spacial score (nSPS) is 12.4. The highest BCUT2D eigenvalue weighted by molar-refractivity contribution is 5.71. The third-order valence-corrected chi connectivity index (χ3v) is 2.85. The molecular weight excluding hydrogens is 240 g/mol. The molecule has 0 spiro atoms. The standard InChI is InChI=1S/C15H18N2O2/c1-11(2)15(18)19-12(3)17-9-14(16-10-17)13-7-5-4-6-8-13/h4-12H,1-3H3/t12-/m0/s1. The van der Waals surface area contributed by atoms with Crippen molar-refractivity contribution in [3.05, 3.63) is 42.9 Å². The minimum absolute atomic E-state index is 0.125. The number of imidazole rings is 1. The molecule has 0 aliphatic carbocycles. The molecular formula is C15H18N2O2. The predicted molar refractivity (Wildman–Crippen MR) is 73.3 cm³/mol. The van der Waals surface area contributed by atoms with E-state index in [4.69, 9.17) is 4.74 Å². The highest BCUT2D eigenvalue weighted by Gasteiger charge is 2.14. The number of hydrogen-bond acceptors (Lipinski definition) is 3. The lowest BCUT2D eigenvalue weighted by molar-refractivity contribution is -0.156. The molecule has 0 saturated carbocycles. The maximum Gasteiger partial charge on any atom is 0.310 e. The van der Waals surface area contributed by atoms with Gasteiger partial charge in [0.15, 0.2) is 6.23 Å². The van der Waals surface area contributed by atoms with Crippen LogP contribution in [0.3, 0.4) is 0 Å². The first-order valence-electron chi connectivity index (χ1n) is 6.37. The number of carbonyl (C=O) groups is 1. The molecule has 4 nitrogen and oxygen atoms in total. The largest absolute Gasteiger partial charge is 0.441 e. The van der Waals surface area contributed by atoms with Gasteiger partial charge in [0.05, 0.1) is 17.9 Å². The van der Waals surface area contributed by atoms with Crippen LogP contribution >= 0.6 is 0 Å². The molecule has 0 N–H and O–H groups in total. The van der Waals surface area contributed by atoms with Crippen molar-refractivity contribution >= 4 is 5.97 Å². The summed E-state index contributed by atoms with van der Waals surface area (Å²) >= 11 is 0. The van der Waals surface area contributed by atoms with E-state index in [9.17, 15) is 4.79 Å². The van der Waals surface area contributed by atoms with Crippen molar-refractivity contribution in [2.45, 2.75) is 27.0 Å². The van der Waals surface area contributed by atoms with Crippen molar-refractivity contribution in [1.82, 2.24) is 9.55 Å². The van der Waals surface area contributed by atoms with Crippen molar-refractivity contribution in [2.24, 2.45) is 5.92 Å². The van der Waals surface area contributed by atoms with Gasteiger partial charge < -0.3 is 9.30 Å². The number of esters is 1. The van der Waals surface area contributed by atoms with E-state index < -0.39 is 0 Å². The Morgan fingerprint density at radius 1 is 1.21 bits per heavy atom. The summed E-state index contributed by atoms with van der Waals surface area (Å²) < 4.78 is 7.13. The van der Waals surface area contributed by atoms with Crippen LogP contribution in [-0.2, 0) is 9.53 Å². The van der Waals surface area contributed by atoms with E-state index in [0.717, 1.165) is 11.3 Å². The Hall–Kier alpha value is -2.10. The molecule has 0 unspecified atom stereocenters. The summed E-state index contributed by atoms with van der Waals surface area (Å²) in [5.41, 5.74) is 1.91. The van der Waals surface area contributed by atoms with Crippen molar-refractivity contribution < 1.29 is 9.53 Å². The highest BCUT2D eigenvalue weighted by atomic mass is 16.6. The molecule has 0 aliphatic heterocycles. The number of aromatic nitrogens is 2. The Kier molecular flexibility index (Phi) is 4.00. The van der Waals surface area contributed by atoms with E-state index in [2.05, 4.69) is 4.98 Å². The molecule has 1 atom stereocenters. The third-order valence-electron chi connectivity index (χ3n) is 2.85. The minimum atomic E-state index is -0.347. The van der Waals surface area contributed by atoms with Crippen molar-refractivity contribution in [2.75, 3.05) is 0 Å². The molecule has 2 aromatic rings. The van der Waals surface area contributed by atoms with E-state index in [0.29, 0.717) is 0 Å². The van der Waals surface area contributed by atoms with Gasteiger partial charge in [0, 0.05) is 11.8 Å². The lowest BCUT2D eigenvalue weighted by Gasteiger charge is -2.15. The minimum Gasteiger partial charge on any atom is -0.441 e. The number of nitrogens with zero attached hydrogens (tertiary/aromatic N) is 2. The maximum absolute atomic E-state index is 11.5. The number of rotatable bonds is 4. The van der Waals surface area contributed by atoms with Crippen LogP contribution in [0.15, 0.2) is 42.9 Å². The maximum atomic E-state index is 11.5. The van der Waals surface area contributed by atoms with E-state index in [1.165, 1.54) is 0 Å². The lowest BCUT2D eigenvalue weighted by atomic mass is 10.2. The number of ether oxygens (including phenoxy) is 1. The topological polar surface area (TPSA) is 44.1 Å². The van der Waals surface area contributed by atoms with Gasteiger partial charge in [-0.3, -0.25) is 4.79 Å². The second kappa shape index (κ2) is 5.69. The average Bonchev–Trinajstić information content (AvgIpc) is 2.89. The number of hydrogen-bond donors (Lipinski definition) is 0. The Balaban J connectivity index is 2.11. The van der Waals surface area contributed by atoms with Crippen LogP contribution in [0.1, 0.15) is 27.0 Å². The van der Waals surface area contributed by atoms with Gasteiger partial charge in [0.1, 0.15) is 0 Å². The van der Waals surface area contributed by atoms with Crippen molar-refractivity contribution in [3.8, 4) is 11.3 Å². The van der Waals surface area contributed by atoms with Gasteiger partial charge in [-0.1, -0.05) is 44.2 Å². The van der Waals surface area contributed by atoms with Crippen LogP contribution in [0.4, 0.5) is 0 Å². The molecule has 0 radical (unpaired) electrons. The molecule has 19 heavy (non-hydrogen) atoms.